The van der Waals surface area contributed by atoms with Crippen molar-refractivity contribution < 1.29 is 18.0 Å². The fourth-order valence-electron chi connectivity index (χ4n) is 5.10. The minimum absolute atomic E-state index is 0.0274. The molecule has 200 valence electrons. The average molecular weight is 601 g/mol. The molecule has 4 rings (SSSR count). The van der Waals surface area contributed by atoms with Crippen molar-refractivity contribution in [2.75, 3.05) is 17.7 Å². The van der Waals surface area contributed by atoms with Crippen LogP contribution in [0.15, 0.2) is 47.5 Å². The molecule has 2 amide bonds. The van der Waals surface area contributed by atoms with Crippen LogP contribution in [0.3, 0.4) is 0 Å². The summed E-state index contributed by atoms with van der Waals surface area (Å²) in [5, 5.41) is 5.48. The van der Waals surface area contributed by atoms with Crippen LogP contribution in [-0.4, -0.2) is 43.0 Å². The lowest BCUT2D eigenvalue weighted by Crippen LogP contribution is -2.47. The van der Waals surface area contributed by atoms with Crippen LogP contribution in [0.1, 0.15) is 34.2 Å². The number of primary amides is 1. The van der Waals surface area contributed by atoms with Crippen molar-refractivity contribution in [1.82, 2.24) is 9.97 Å². The zero-order valence-electron chi connectivity index (χ0n) is 21.5. The van der Waals surface area contributed by atoms with Gasteiger partial charge in [-0.2, -0.15) is 0 Å². The smallest absolute Gasteiger partial charge is 0.227 e. The Kier molecular flexibility index (Phi) is 7.74. The predicted molar refractivity (Wildman–Crippen MR) is 150 cm³/mol. The highest BCUT2D eigenvalue weighted by molar-refractivity contribution is 9.10. The summed E-state index contributed by atoms with van der Waals surface area (Å²) in [5.41, 5.74) is 11.2. The molecule has 2 aromatic heterocycles. The van der Waals surface area contributed by atoms with Gasteiger partial charge in [0.1, 0.15) is 0 Å². The van der Waals surface area contributed by atoms with Gasteiger partial charge in [-0.15, -0.1) is 0 Å². The Bertz CT molecular complexity index is 1540. The van der Waals surface area contributed by atoms with Gasteiger partial charge in [-0.25, -0.2) is 13.6 Å². The number of benzene rings is 1. The van der Waals surface area contributed by atoms with E-state index < -0.39 is 27.1 Å². The van der Waals surface area contributed by atoms with Crippen LogP contribution in [0.25, 0.3) is 11.1 Å². The van der Waals surface area contributed by atoms with Gasteiger partial charge in [-0.1, -0.05) is 6.07 Å². The van der Waals surface area contributed by atoms with Crippen molar-refractivity contribution in [3.8, 4) is 11.1 Å². The first-order valence-corrected chi connectivity index (χ1v) is 14.5. The number of primary sulfonamides is 1. The maximum Gasteiger partial charge on any atom is 0.227 e. The number of aryl methyl sites for hydroxylation is 1. The molecule has 3 aromatic rings. The van der Waals surface area contributed by atoms with Crippen LogP contribution in [-0.2, 0) is 38.9 Å². The van der Waals surface area contributed by atoms with Crippen LogP contribution in [0.2, 0.25) is 0 Å². The van der Waals surface area contributed by atoms with E-state index in [4.69, 9.17) is 10.9 Å². The molecule has 1 aliphatic rings. The van der Waals surface area contributed by atoms with Gasteiger partial charge in [0.05, 0.1) is 11.2 Å². The number of hydrogen-bond acceptors (Lipinski definition) is 6. The van der Waals surface area contributed by atoms with E-state index >= 15 is 0 Å². The average Bonchev–Trinajstić information content (AvgIpc) is 2.84. The fourth-order valence-corrected chi connectivity index (χ4v) is 6.59. The molecular formula is C27H30BrN5O4S. The van der Waals surface area contributed by atoms with Crippen molar-refractivity contribution in [1.29, 1.82) is 0 Å². The molecule has 0 aliphatic carbocycles. The number of carbonyl (C=O) groups is 2. The molecule has 0 radical (unpaired) electrons. The monoisotopic (exact) mass is 599 g/mol. The highest BCUT2D eigenvalue weighted by Gasteiger charge is 2.41. The summed E-state index contributed by atoms with van der Waals surface area (Å²) in [4.78, 5) is 35.4. The molecule has 0 saturated heterocycles. The highest BCUT2D eigenvalue weighted by atomic mass is 79.9. The molecule has 1 unspecified atom stereocenters. The molecule has 0 saturated carbocycles. The van der Waals surface area contributed by atoms with Gasteiger partial charge < -0.3 is 10.6 Å². The maximum absolute atomic E-state index is 13.0. The topological polar surface area (TPSA) is 149 Å². The SMILES string of the molecule is Cc1c(Br)cncc1CC(Cc1cncc(-c2ccc3c(c2)CCC(=O)N3C)c1C)(CS(N)(=O)=O)C(N)=O. The van der Waals surface area contributed by atoms with Crippen molar-refractivity contribution in [3.63, 3.8) is 0 Å². The number of nitrogens with two attached hydrogens (primary N) is 2. The van der Waals surface area contributed by atoms with Gasteiger partial charge in [0, 0.05) is 54.0 Å². The number of aromatic nitrogens is 2. The van der Waals surface area contributed by atoms with E-state index in [0.29, 0.717) is 24.0 Å². The summed E-state index contributed by atoms with van der Waals surface area (Å²) in [6.45, 7) is 3.77. The molecule has 3 heterocycles. The Morgan fingerprint density at radius 3 is 2.32 bits per heavy atom. The Hall–Kier alpha value is -3.15. The molecule has 4 N–H and O–H groups in total. The first kappa shape index (κ1) is 27.9. The number of halogens is 1. The largest absolute Gasteiger partial charge is 0.369 e. The molecule has 1 aliphatic heterocycles. The molecule has 11 heteroatoms. The number of fused-ring (bicyclic) bond motifs is 1. The van der Waals surface area contributed by atoms with Gasteiger partial charge in [0.2, 0.25) is 21.8 Å². The summed E-state index contributed by atoms with van der Waals surface area (Å²) in [7, 11) is -2.30. The zero-order chi connectivity index (χ0) is 27.8. The number of hydrogen-bond donors (Lipinski definition) is 2. The van der Waals surface area contributed by atoms with Crippen molar-refractivity contribution in [2.45, 2.75) is 39.5 Å². The lowest BCUT2D eigenvalue weighted by Gasteiger charge is -2.31. The number of carbonyl (C=O) groups excluding carboxylic acids is 2. The van der Waals surface area contributed by atoms with Gasteiger partial charge >= 0.3 is 0 Å². The standard InChI is InChI=1S/C27H30BrN5O4S/c1-16-20(11-31-13-22(16)18-4-6-24-19(8-18)5-7-25(34)33(24)3)9-27(26(29)35,15-38(30,36)37)10-21-12-32-14-23(28)17(21)2/h4,6,8,11-14H,5,7,9-10,15H2,1-3H3,(H2,29,35)(H2,30,36,37). The van der Waals surface area contributed by atoms with Crippen LogP contribution in [0.4, 0.5) is 5.69 Å². The van der Waals surface area contributed by atoms with Crippen molar-refractivity contribution in [2.24, 2.45) is 16.3 Å². The molecule has 0 spiro atoms. The van der Waals surface area contributed by atoms with E-state index in [-0.39, 0.29) is 18.7 Å². The van der Waals surface area contributed by atoms with E-state index in [2.05, 4.69) is 25.9 Å². The highest BCUT2D eigenvalue weighted by Crippen LogP contribution is 2.36. The Balaban J connectivity index is 1.78. The quantitative estimate of drug-likeness (QED) is 0.406. The minimum atomic E-state index is -4.07. The third-order valence-corrected chi connectivity index (χ3v) is 9.12. The second-order valence-corrected chi connectivity index (χ2v) is 12.4. The van der Waals surface area contributed by atoms with E-state index in [1.165, 1.54) is 0 Å². The van der Waals surface area contributed by atoms with E-state index in [1.54, 1.807) is 36.7 Å². The fraction of sp³-hybridized carbons (Fsp3) is 0.333. The Morgan fingerprint density at radius 2 is 1.68 bits per heavy atom. The lowest BCUT2D eigenvalue weighted by molar-refractivity contribution is -0.126. The zero-order valence-corrected chi connectivity index (χ0v) is 23.9. The van der Waals surface area contributed by atoms with Crippen LogP contribution < -0.4 is 15.8 Å². The second-order valence-electron chi connectivity index (χ2n) is 9.98. The van der Waals surface area contributed by atoms with Crippen LogP contribution in [0.5, 0.6) is 0 Å². The van der Waals surface area contributed by atoms with Crippen molar-refractivity contribution in [3.05, 3.63) is 75.3 Å². The molecule has 9 nitrogen and oxygen atoms in total. The number of nitrogens with zero attached hydrogens (tertiary/aromatic N) is 3. The number of anilines is 1. The third-order valence-electron chi connectivity index (χ3n) is 7.37. The van der Waals surface area contributed by atoms with Crippen LogP contribution >= 0.6 is 15.9 Å². The van der Waals surface area contributed by atoms with E-state index in [9.17, 15) is 18.0 Å². The van der Waals surface area contributed by atoms with Gasteiger partial charge in [-0.05, 0) is 94.6 Å². The molecule has 0 fully saturated rings. The Morgan fingerprint density at radius 1 is 1.05 bits per heavy atom. The summed E-state index contributed by atoms with van der Waals surface area (Å²) in [6, 6.07) is 5.91. The maximum atomic E-state index is 13.0. The summed E-state index contributed by atoms with van der Waals surface area (Å²) in [5.74, 6) is -1.31. The first-order chi connectivity index (χ1) is 17.8. The van der Waals surface area contributed by atoms with Gasteiger partial charge in [-0.3, -0.25) is 19.6 Å². The third kappa shape index (κ3) is 5.64. The minimum Gasteiger partial charge on any atom is -0.369 e. The van der Waals surface area contributed by atoms with E-state index in [1.807, 2.05) is 32.0 Å². The summed E-state index contributed by atoms with van der Waals surface area (Å²) >= 11 is 3.45. The van der Waals surface area contributed by atoms with Gasteiger partial charge in [0.15, 0.2) is 0 Å². The van der Waals surface area contributed by atoms with E-state index in [0.717, 1.165) is 38.0 Å². The number of pyridine rings is 2. The molecule has 0 bridgehead atoms. The molecular weight excluding hydrogens is 570 g/mol. The lowest BCUT2D eigenvalue weighted by atomic mass is 9.76. The number of sulfonamides is 1. The molecule has 1 aromatic carbocycles. The first-order valence-electron chi connectivity index (χ1n) is 12.0. The number of rotatable bonds is 8. The normalized spacial score (nSPS) is 15.2. The summed E-state index contributed by atoms with van der Waals surface area (Å²) in [6.07, 6.45) is 7.79. The molecule has 1 atom stereocenters. The predicted octanol–water partition coefficient (Wildman–Crippen LogP) is 2.98. The second kappa shape index (κ2) is 10.5. The summed E-state index contributed by atoms with van der Waals surface area (Å²) < 4.78 is 25.4. The Labute approximate surface area is 230 Å². The number of amides is 2. The van der Waals surface area contributed by atoms with Crippen molar-refractivity contribution >= 4 is 43.5 Å². The van der Waals surface area contributed by atoms with Crippen LogP contribution in [0, 0.1) is 19.3 Å². The molecule has 38 heavy (non-hydrogen) atoms. The van der Waals surface area contributed by atoms with Gasteiger partial charge in [0.25, 0.3) is 0 Å².